The quantitative estimate of drug-likeness (QED) is 0.178. The molecule has 2 aromatic heterocycles. The predicted molar refractivity (Wildman–Crippen MR) is 232 cm³/mol. The molecule has 0 aliphatic heterocycles. The third-order valence-corrected chi connectivity index (χ3v) is 11.7. The van der Waals surface area contributed by atoms with E-state index in [1.54, 1.807) is 0 Å². The summed E-state index contributed by atoms with van der Waals surface area (Å²) in [6.07, 6.45) is 0. The van der Waals surface area contributed by atoms with Gasteiger partial charge in [-0.2, -0.15) is 0 Å². The van der Waals surface area contributed by atoms with Gasteiger partial charge in [-0.3, -0.25) is 0 Å². The van der Waals surface area contributed by atoms with E-state index >= 15 is 0 Å². The summed E-state index contributed by atoms with van der Waals surface area (Å²) in [7, 11) is 0. The Kier molecular flexibility index (Phi) is 7.20. The van der Waals surface area contributed by atoms with Crippen LogP contribution in [0.1, 0.15) is 25.0 Å². The molecule has 0 saturated heterocycles. The molecule has 0 N–H and O–H groups in total. The van der Waals surface area contributed by atoms with Crippen molar-refractivity contribution in [3.8, 4) is 67.3 Å². The third-order valence-electron chi connectivity index (χ3n) is 11.7. The molecule has 0 unspecified atom stereocenters. The average molecular weight is 717 g/mol. The highest BCUT2D eigenvalue weighted by Gasteiger charge is 2.37. The zero-order chi connectivity index (χ0) is 37.4. The monoisotopic (exact) mass is 716 g/mol. The Morgan fingerprint density at radius 2 is 0.964 bits per heavy atom. The number of hydrogen-bond acceptors (Lipinski definition) is 3. The number of furan rings is 1. The van der Waals surface area contributed by atoms with Crippen molar-refractivity contribution in [3.05, 3.63) is 193 Å². The van der Waals surface area contributed by atoms with Crippen molar-refractivity contribution in [1.29, 1.82) is 0 Å². The number of aromatic nitrogens is 2. The highest BCUT2D eigenvalue weighted by molar-refractivity contribution is 6.13. The number of nitrogens with zero attached hydrogens (tertiary/aromatic N) is 2. The van der Waals surface area contributed by atoms with Crippen LogP contribution in [0.15, 0.2) is 186 Å². The maximum atomic E-state index is 6.33. The van der Waals surface area contributed by atoms with Gasteiger partial charge < -0.3 is 4.42 Å². The van der Waals surface area contributed by atoms with E-state index in [1.807, 2.05) is 30.3 Å². The Balaban J connectivity index is 1.14. The topological polar surface area (TPSA) is 38.9 Å². The molecule has 0 atom stereocenters. The number of hydrogen-bond donors (Lipinski definition) is 0. The molecule has 0 amide bonds. The number of para-hydroxylation sites is 1. The molecule has 8 aromatic carbocycles. The minimum absolute atomic E-state index is 0.144. The van der Waals surface area contributed by atoms with Gasteiger partial charge in [0.25, 0.3) is 0 Å². The van der Waals surface area contributed by atoms with Crippen molar-refractivity contribution in [2.75, 3.05) is 0 Å². The third kappa shape index (κ3) is 4.98. The second-order valence-corrected chi connectivity index (χ2v) is 15.3. The van der Waals surface area contributed by atoms with Crippen molar-refractivity contribution in [3.63, 3.8) is 0 Å². The molecule has 1 aliphatic carbocycles. The minimum atomic E-state index is -0.144. The lowest BCUT2D eigenvalue weighted by atomic mass is 9.81. The summed E-state index contributed by atoms with van der Waals surface area (Å²) in [5, 5.41) is 4.73. The molecule has 0 saturated carbocycles. The van der Waals surface area contributed by atoms with E-state index in [-0.39, 0.29) is 5.41 Å². The molecule has 1 aliphatic rings. The fourth-order valence-electron chi connectivity index (χ4n) is 9.02. The van der Waals surface area contributed by atoms with Crippen molar-refractivity contribution < 1.29 is 4.42 Å². The van der Waals surface area contributed by atoms with Gasteiger partial charge >= 0.3 is 0 Å². The van der Waals surface area contributed by atoms with Crippen LogP contribution >= 0.6 is 0 Å². The van der Waals surface area contributed by atoms with Gasteiger partial charge in [-0.05, 0) is 85.6 Å². The van der Waals surface area contributed by atoms with Gasteiger partial charge in [0.15, 0.2) is 5.82 Å². The number of benzene rings is 8. The molecule has 0 radical (unpaired) electrons. The molecule has 0 fully saturated rings. The van der Waals surface area contributed by atoms with E-state index < -0.39 is 0 Å². The first-order valence-corrected chi connectivity index (χ1v) is 19.2. The van der Waals surface area contributed by atoms with Gasteiger partial charge in [0.2, 0.25) is 0 Å². The van der Waals surface area contributed by atoms with Crippen LogP contribution in [0.5, 0.6) is 0 Å². The van der Waals surface area contributed by atoms with Gasteiger partial charge in [0.1, 0.15) is 11.2 Å². The second kappa shape index (κ2) is 12.5. The average Bonchev–Trinajstić information content (AvgIpc) is 3.75. The summed E-state index contributed by atoms with van der Waals surface area (Å²) in [6.45, 7) is 4.71. The van der Waals surface area contributed by atoms with Crippen LogP contribution in [-0.2, 0) is 5.41 Å². The minimum Gasteiger partial charge on any atom is -0.456 e. The first-order chi connectivity index (χ1) is 27.5. The van der Waals surface area contributed by atoms with Crippen LogP contribution in [0, 0.1) is 0 Å². The normalized spacial score (nSPS) is 13.0. The van der Waals surface area contributed by atoms with E-state index in [0.717, 1.165) is 66.7 Å². The molecule has 0 spiro atoms. The molecule has 3 nitrogen and oxygen atoms in total. The highest BCUT2D eigenvalue weighted by Crippen LogP contribution is 2.54. The zero-order valence-corrected chi connectivity index (χ0v) is 31.1. The SMILES string of the molecule is CC1(C)c2cc3ccccc3cc2-c2c(-c3ccccc3-c3cc(-c4ccccc4-c4cccc5oc6ccccc6c45)nc(-c4ccccc4)n3)cccc21. The molecule has 10 aromatic rings. The standard InChI is InChI=1S/C53H36N2O/c1-53(2)44-27-14-25-40(50(44)43-30-34-18-6-7-19-35(34)31-45(43)53)36-20-8-10-22-38(36)46-32-47(55-52(54-46)33-16-4-3-5-17-33)39-23-11-9-21-37(39)41-26-15-29-49-51(41)42-24-12-13-28-48(42)56-49/h3-32H,1-2H3. The van der Waals surface area contributed by atoms with Gasteiger partial charge in [0, 0.05) is 32.9 Å². The first-order valence-electron chi connectivity index (χ1n) is 19.2. The van der Waals surface area contributed by atoms with Gasteiger partial charge in [0.05, 0.1) is 11.4 Å². The van der Waals surface area contributed by atoms with E-state index in [1.165, 1.54) is 38.6 Å². The van der Waals surface area contributed by atoms with E-state index in [2.05, 4.69) is 166 Å². The summed E-state index contributed by atoms with van der Waals surface area (Å²) in [4.78, 5) is 10.7. The Morgan fingerprint density at radius 1 is 0.411 bits per heavy atom. The van der Waals surface area contributed by atoms with Crippen LogP contribution in [0.25, 0.3) is 100.0 Å². The summed E-state index contributed by atoms with van der Waals surface area (Å²) < 4.78 is 6.33. The van der Waals surface area contributed by atoms with Crippen LogP contribution < -0.4 is 0 Å². The van der Waals surface area contributed by atoms with Crippen molar-refractivity contribution in [2.45, 2.75) is 19.3 Å². The van der Waals surface area contributed by atoms with Crippen molar-refractivity contribution >= 4 is 32.7 Å². The molecule has 3 heteroatoms. The van der Waals surface area contributed by atoms with Crippen molar-refractivity contribution in [2.24, 2.45) is 0 Å². The van der Waals surface area contributed by atoms with Gasteiger partial charge in [-0.25, -0.2) is 9.97 Å². The molecule has 11 rings (SSSR count). The zero-order valence-electron chi connectivity index (χ0n) is 31.1. The predicted octanol–water partition coefficient (Wildman–Crippen LogP) is 14.2. The number of rotatable bonds is 5. The van der Waals surface area contributed by atoms with Crippen LogP contribution in [0.3, 0.4) is 0 Å². The maximum absolute atomic E-state index is 6.33. The second-order valence-electron chi connectivity index (χ2n) is 15.3. The summed E-state index contributed by atoms with van der Waals surface area (Å²) in [5.41, 5.74) is 16.3. The summed E-state index contributed by atoms with van der Waals surface area (Å²) in [5.74, 6) is 0.686. The largest absolute Gasteiger partial charge is 0.456 e. The van der Waals surface area contributed by atoms with Crippen LogP contribution in [0.2, 0.25) is 0 Å². The lowest BCUT2D eigenvalue weighted by molar-refractivity contribution is 0.661. The Hall–Kier alpha value is -7.10. The Labute approximate surface area is 325 Å². The molecule has 56 heavy (non-hydrogen) atoms. The highest BCUT2D eigenvalue weighted by atomic mass is 16.3. The summed E-state index contributed by atoms with van der Waals surface area (Å²) >= 11 is 0. The smallest absolute Gasteiger partial charge is 0.160 e. The van der Waals surface area contributed by atoms with Crippen molar-refractivity contribution in [1.82, 2.24) is 9.97 Å². The van der Waals surface area contributed by atoms with Crippen LogP contribution in [0.4, 0.5) is 0 Å². The molecular weight excluding hydrogens is 681 g/mol. The Bertz CT molecular complexity index is 3170. The summed E-state index contributed by atoms with van der Waals surface area (Å²) in [6, 6.07) is 64.7. The molecule has 0 bridgehead atoms. The van der Waals surface area contributed by atoms with E-state index in [0.29, 0.717) is 5.82 Å². The molecular formula is C53H36N2O. The lowest BCUT2D eigenvalue weighted by Crippen LogP contribution is -2.14. The molecule has 264 valence electrons. The first kappa shape index (κ1) is 32.3. The fourth-order valence-corrected chi connectivity index (χ4v) is 9.02. The van der Waals surface area contributed by atoms with Gasteiger partial charge in [-0.1, -0.05) is 166 Å². The fraction of sp³-hybridized carbons (Fsp3) is 0.0566. The maximum Gasteiger partial charge on any atom is 0.160 e. The number of fused-ring (bicyclic) bond motifs is 7. The molecule has 2 heterocycles. The van der Waals surface area contributed by atoms with E-state index in [9.17, 15) is 0 Å². The van der Waals surface area contributed by atoms with Gasteiger partial charge in [-0.15, -0.1) is 0 Å². The Morgan fingerprint density at radius 3 is 1.71 bits per heavy atom. The van der Waals surface area contributed by atoms with E-state index in [4.69, 9.17) is 14.4 Å². The lowest BCUT2D eigenvalue weighted by Gasteiger charge is -2.22. The van der Waals surface area contributed by atoms with Crippen LogP contribution in [-0.4, -0.2) is 9.97 Å².